The number of nitrogens with two attached hydrogens (primary N) is 1. The summed E-state index contributed by atoms with van der Waals surface area (Å²) in [6, 6.07) is 2.07. The number of carbonyl (C=O) groups excluding carboxylic acids is 1. The van der Waals surface area contributed by atoms with Crippen molar-refractivity contribution in [3.8, 4) is 0 Å². The lowest BCUT2D eigenvalue weighted by Gasteiger charge is -2.41. The van der Waals surface area contributed by atoms with Crippen LogP contribution in [0.4, 0.5) is 5.95 Å². The minimum Gasteiger partial charge on any atom is -0.353 e. The number of nitrogens with zero attached hydrogens (tertiary/aromatic N) is 3. The van der Waals surface area contributed by atoms with Crippen molar-refractivity contribution in [1.82, 2.24) is 15.3 Å². The van der Waals surface area contributed by atoms with Crippen LogP contribution in [0.1, 0.15) is 32.1 Å². The largest absolute Gasteiger partial charge is 0.353 e. The predicted molar refractivity (Wildman–Crippen MR) is 80.7 cm³/mol. The van der Waals surface area contributed by atoms with Gasteiger partial charge in [0.05, 0.1) is 5.41 Å². The molecule has 1 aliphatic carbocycles. The highest BCUT2D eigenvalue weighted by atomic mass is 16.2. The molecule has 0 aromatic carbocycles. The lowest BCUT2D eigenvalue weighted by Crippen LogP contribution is -2.54. The van der Waals surface area contributed by atoms with E-state index < -0.39 is 0 Å². The average Bonchev–Trinajstić information content (AvgIpc) is 2.48. The highest BCUT2D eigenvalue weighted by molar-refractivity contribution is 5.84. The molecular weight excluding hydrogens is 266 g/mol. The SMILES string of the molecule is NCC1(C(=O)NC2CCN(c3ncccn3)CC2)CCC1. The number of nitrogens with one attached hydrogen (secondary N) is 1. The molecule has 1 aliphatic heterocycles. The van der Waals surface area contributed by atoms with Gasteiger partial charge >= 0.3 is 0 Å². The smallest absolute Gasteiger partial charge is 0.227 e. The Balaban J connectivity index is 1.51. The molecule has 2 aliphatic rings. The lowest BCUT2D eigenvalue weighted by molar-refractivity contribution is -0.136. The van der Waals surface area contributed by atoms with Crippen LogP contribution in [0.2, 0.25) is 0 Å². The molecule has 114 valence electrons. The van der Waals surface area contributed by atoms with E-state index in [1.807, 2.05) is 6.07 Å². The van der Waals surface area contributed by atoms with Crippen LogP contribution < -0.4 is 16.0 Å². The molecule has 1 amide bonds. The van der Waals surface area contributed by atoms with E-state index in [4.69, 9.17) is 5.73 Å². The van der Waals surface area contributed by atoms with Crippen LogP contribution >= 0.6 is 0 Å². The number of carbonyl (C=O) groups is 1. The van der Waals surface area contributed by atoms with Gasteiger partial charge in [-0.15, -0.1) is 0 Å². The first-order valence-corrected chi connectivity index (χ1v) is 7.76. The number of anilines is 1. The van der Waals surface area contributed by atoms with E-state index in [0.29, 0.717) is 6.54 Å². The van der Waals surface area contributed by atoms with Gasteiger partial charge in [-0.3, -0.25) is 4.79 Å². The molecule has 2 fully saturated rings. The van der Waals surface area contributed by atoms with Crippen molar-refractivity contribution < 1.29 is 4.79 Å². The molecule has 0 spiro atoms. The van der Waals surface area contributed by atoms with E-state index in [-0.39, 0.29) is 17.4 Å². The van der Waals surface area contributed by atoms with Crippen LogP contribution in [0.5, 0.6) is 0 Å². The molecule has 1 aromatic heterocycles. The van der Waals surface area contributed by atoms with Crippen molar-refractivity contribution in [3.05, 3.63) is 18.5 Å². The second kappa shape index (κ2) is 5.97. The zero-order valence-corrected chi connectivity index (χ0v) is 12.3. The molecule has 6 heteroatoms. The second-order valence-electron chi connectivity index (χ2n) is 6.12. The van der Waals surface area contributed by atoms with Gasteiger partial charge in [0.2, 0.25) is 11.9 Å². The van der Waals surface area contributed by atoms with Crippen LogP contribution in [0, 0.1) is 5.41 Å². The Morgan fingerprint density at radius 3 is 2.52 bits per heavy atom. The zero-order chi connectivity index (χ0) is 14.7. The maximum absolute atomic E-state index is 12.4. The number of rotatable bonds is 4. The minimum atomic E-state index is -0.278. The van der Waals surface area contributed by atoms with Crippen LogP contribution in [-0.4, -0.2) is 41.6 Å². The number of amides is 1. The maximum atomic E-state index is 12.4. The third kappa shape index (κ3) is 2.85. The van der Waals surface area contributed by atoms with Gasteiger partial charge in [0.1, 0.15) is 0 Å². The maximum Gasteiger partial charge on any atom is 0.227 e. The van der Waals surface area contributed by atoms with E-state index in [1.165, 1.54) is 0 Å². The van der Waals surface area contributed by atoms with Crippen LogP contribution in [0.3, 0.4) is 0 Å². The Labute approximate surface area is 125 Å². The predicted octanol–water partition coefficient (Wildman–Crippen LogP) is 0.691. The highest BCUT2D eigenvalue weighted by Crippen LogP contribution is 2.40. The van der Waals surface area contributed by atoms with Gasteiger partial charge in [-0.1, -0.05) is 6.42 Å². The van der Waals surface area contributed by atoms with Crippen LogP contribution in [0.15, 0.2) is 18.5 Å². The molecule has 6 nitrogen and oxygen atoms in total. The summed E-state index contributed by atoms with van der Waals surface area (Å²) in [5, 5.41) is 3.20. The van der Waals surface area contributed by atoms with E-state index in [2.05, 4.69) is 20.2 Å². The van der Waals surface area contributed by atoms with Crippen molar-refractivity contribution >= 4 is 11.9 Å². The summed E-state index contributed by atoms with van der Waals surface area (Å²) in [6.45, 7) is 2.23. The molecule has 1 saturated heterocycles. The molecule has 0 radical (unpaired) electrons. The van der Waals surface area contributed by atoms with Gasteiger partial charge < -0.3 is 16.0 Å². The Bertz CT molecular complexity index is 475. The molecule has 21 heavy (non-hydrogen) atoms. The fraction of sp³-hybridized carbons (Fsp3) is 0.667. The minimum absolute atomic E-state index is 0.158. The normalized spacial score (nSPS) is 21.7. The molecule has 1 aromatic rings. The van der Waals surface area contributed by atoms with Crippen LogP contribution in [0.25, 0.3) is 0 Å². The van der Waals surface area contributed by atoms with Gasteiger partial charge in [-0.25, -0.2) is 9.97 Å². The monoisotopic (exact) mass is 289 g/mol. The van der Waals surface area contributed by atoms with Crippen molar-refractivity contribution in [3.63, 3.8) is 0 Å². The first-order valence-electron chi connectivity index (χ1n) is 7.76. The molecular formula is C15H23N5O. The Morgan fingerprint density at radius 1 is 1.33 bits per heavy atom. The van der Waals surface area contributed by atoms with Crippen LogP contribution in [-0.2, 0) is 4.79 Å². The van der Waals surface area contributed by atoms with E-state index >= 15 is 0 Å². The molecule has 2 heterocycles. The van der Waals surface area contributed by atoms with Crippen molar-refractivity contribution in [2.45, 2.75) is 38.1 Å². The summed E-state index contributed by atoms with van der Waals surface area (Å²) in [5.41, 5.74) is 5.51. The third-order valence-electron chi connectivity index (χ3n) is 4.85. The molecule has 0 atom stereocenters. The second-order valence-corrected chi connectivity index (χ2v) is 6.12. The summed E-state index contributed by atoms with van der Waals surface area (Å²) in [7, 11) is 0. The molecule has 0 unspecified atom stereocenters. The first kappa shape index (κ1) is 14.3. The van der Waals surface area contributed by atoms with E-state index in [9.17, 15) is 4.79 Å². The number of hydrogen-bond donors (Lipinski definition) is 2. The van der Waals surface area contributed by atoms with Gasteiger partial charge in [0.15, 0.2) is 0 Å². The lowest BCUT2D eigenvalue weighted by atomic mass is 9.68. The van der Waals surface area contributed by atoms with Gasteiger partial charge in [-0.05, 0) is 31.7 Å². The highest BCUT2D eigenvalue weighted by Gasteiger charge is 2.43. The summed E-state index contributed by atoms with van der Waals surface area (Å²) in [4.78, 5) is 23.1. The Hall–Kier alpha value is -1.69. The first-order chi connectivity index (χ1) is 10.2. The summed E-state index contributed by atoms with van der Waals surface area (Å²) < 4.78 is 0. The fourth-order valence-corrected chi connectivity index (χ4v) is 3.14. The average molecular weight is 289 g/mol. The van der Waals surface area contributed by atoms with Crippen molar-refractivity contribution in [2.24, 2.45) is 11.1 Å². The number of piperidine rings is 1. The number of aromatic nitrogens is 2. The molecule has 3 rings (SSSR count). The third-order valence-corrected chi connectivity index (χ3v) is 4.85. The van der Waals surface area contributed by atoms with E-state index in [0.717, 1.165) is 51.1 Å². The molecule has 3 N–H and O–H groups in total. The molecule has 1 saturated carbocycles. The standard InChI is InChI=1S/C15H23N5O/c16-11-15(5-1-6-15)13(21)19-12-3-9-20(10-4-12)14-17-7-2-8-18-14/h2,7-8,12H,1,3-6,9-11,16H2,(H,19,21). The van der Waals surface area contributed by atoms with Gasteiger partial charge in [-0.2, -0.15) is 0 Å². The molecule has 0 bridgehead atoms. The van der Waals surface area contributed by atoms with Gasteiger partial charge in [0.25, 0.3) is 0 Å². The van der Waals surface area contributed by atoms with Gasteiger partial charge in [0, 0.05) is 38.1 Å². The summed E-state index contributed by atoms with van der Waals surface area (Å²) >= 11 is 0. The summed E-state index contributed by atoms with van der Waals surface area (Å²) in [5.74, 6) is 0.936. The Kier molecular flexibility index (Phi) is 4.05. The quantitative estimate of drug-likeness (QED) is 0.852. The fourth-order valence-electron chi connectivity index (χ4n) is 3.14. The number of hydrogen-bond acceptors (Lipinski definition) is 5. The summed E-state index contributed by atoms with van der Waals surface area (Å²) in [6.07, 6.45) is 8.39. The van der Waals surface area contributed by atoms with E-state index in [1.54, 1.807) is 12.4 Å². The topological polar surface area (TPSA) is 84.1 Å². The van der Waals surface area contributed by atoms with Crippen molar-refractivity contribution in [2.75, 3.05) is 24.5 Å². The zero-order valence-electron chi connectivity index (χ0n) is 12.3. The Morgan fingerprint density at radius 2 is 2.00 bits per heavy atom. The van der Waals surface area contributed by atoms with Crippen molar-refractivity contribution in [1.29, 1.82) is 0 Å².